The number of phenolic OH excluding ortho intramolecular Hbond substituents is 2. The molecule has 0 radical (unpaired) electrons. The Balaban J connectivity index is 1.61. The minimum atomic E-state index is -1.79. The molecule has 0 aliphatic carbocycles. The monoisotopic (exact) mass is 881 g/mol. The molecule has 0 saturated heterocycles. The van der Waals surface area contributed by atoms with Crippen LogP contribution in [0.3, 0.4) is 0 Å². The van der Waals surface area contributed by atoms with Crippen LogP contribution >= 0.6 is 0 Å². The van der Waals surface area contributed by atoms with Gasteiger partial charge in [0.25, 0.3) is 5.91 Å². The normalized spacial score (nSPS) is 17.8. The van der Waals surface area contributed by atoms with Gasteiger partial charge in [-0.05, 0) is 55.7 Å². The molecule has 1 heterocycles. The number of aliphatic hydroxyl groups is 1. The van der Waals surface area contributed by atoms with E-state index < -0.39 is 84.4 Å². The zero-order valence-electron chi connectivity index (χ0n) is 36.9. The van der Waals surface area contributed by atoms with Gasteiger partial charge in [0.15, 0.2) is 6.17 Å². The van der Waals surface area contributed by atoms with E-state index in [4.69, 9.17) is 5.73 Å². The van der Waals surface area contributed by atoms with E-state index in [2.05, 4.69) is 33.5 Å². The summed E-state index contributed by atoms with van der Waals surface area (Å²) in [5.74, 6) is -6.93. The first-order valence-electron chi connectivity index (χ1n) is 22.0. The highest BCUT2D eigenvalue weighted by Gasteiger charge is 2.36. The quantitative estimate of drug-likeness (QED) is 0.0570. The Labute approximate surface area is 369 Å². The molecule has 0 aromatic heterocycles. The van der Waals surface area contributed by atoms with E-state index in [-0.39, 0.29) is 41.0 Å². The van der Waals surface area contributed by atoms with Crippen LogP contribution in [0.1, 0.15) is 128 Å². The summed E-state index contributed by atoms with van der Waals surface area (Å²) in [6, 6.07) is 1.13. The van der Waals surface area contributed by atoms with E-state index in [1.54, 1.807) is 0 Å². The molecule has 348 valence electrons. The van der Waals surface area contributed by atoms with Crippen molar-refractivity contribution in [2.45, 2.75) is 153 Å². The number of hydrogen-bond donors (Lipinski definition) is 10. The van der Waals surface area contributed by atoms with E-state index in [9.17, 15) is 54.0 Å². The van der Waals surface area contributed by atoms with Crippen molar-refractivity contribution in [2.75, 3.05) is 13.7 Å². The number of carbonyl (C=O) groups excluding carboxylic acids is 6. The van der Waals surface area contributed by atoms with Crippen molar-refractivity contribution < 1.29 is 54.0 Å². The fourth-order valence-corrected chi connectivity index (χ4v) is 7.34. The second-order valence-corrected chi connectivity index (χ2v) is 16.3. The summed E-state index contributed by atoms with van der Waals surface area (Å²) in [4.78, 5) is 92.5. The number of nitrogens with one attached hydrogen (secondary N) is 5. The summed E-state index contributed by atoms with van der Waals surface area (Å²) in [6.45, 7) is 4.09. The lowest BCUT2D eigenvalue weighted by atomic mass is 9.94. The molecule has 0 spiro atoms. The topological polar surface area (TPSA) is 290 Å². The van der Waals surface area contributed by atoms with Crippen LogP contribution in [0.4, 0.5) is 0 Å². The fraction of sp³-hybridized carbons (Fsp3) is 0.578. The first-order valence-corrected chi connectivity index (χ1v) is 22.0. The average Bonchev–Trinajstić information content (AvgIpc) is 3.24. The molecule has 63 heavy (non-hydrogen) atoms. The first kappa shape index (κ1) is 51.6. The van der Waals surface area contributed by atoms with Gasteiger partial charge < -0.3 is 57.6 Å². The molecule has 0 fully saturated rings. The van der Waals surface area contributed by atoms with Crippen LogP contribution in [-0.2, 0) is 40.0 Å². The number of carbonyl (C=O) groups is 7. The van der Waals surface area contributed by atoms with Gasteiger partial charge >= 0.3 is 5.97 Å². The van der Waals surface area contributed by atoms with E-state index >= 15 is 0 Å². The van der Waals surface area contributed by atoms with Crippen LogP contribution in [0, 0.1) is 0 Å². The summed E-state index contributed by atoms with van der Waals surface area (Å²) in [6.07, 6.45) is 13.2. The van der Waals surface area contributed by atoms with Crippen molar-refractivity contribution in [3.05, 3.63) is 47.5 Å². The molecule has 6 amide bonds. The van der Waals surface area contributed by atoms with Gasteiger partial charge in [-0.1, -0.05) is 96.1 Å². The number of carboxylic acid groups (broad SMARTS) is 1. The number of amides is 6. The Morgan fingerprint density at radius 3 is 1.90 bits per heavy atom. The third-order valence-electron chi connectivity index (χ3n) is 11.1. The Kier molecular flexibility index (Phi) is 21.3. The number of aliphatic hydroxyl groups excluding tert-OH is 1. The number of fused-ring (bicyclic) bond motifs is 5. The van der Waals surface area contributed by atoms with Gasteiger partial charge in [-0.3, -0.25) is 28.8 Å². The van der Waals surface area contributed by atoms with Gasteiger partial charge in [-0.15, -0.1) is 0 Å². The van der Waals surface area contributed by atoms with Crippen molar-refractivity contribution in [3.63, 3.8) is 0 Å². The standard InChI is InChI=1S/C45H67N7O11/c1-5-6-7-8-9-10-11-12-13-14-15-16-17-18-37(56)49-34(26-53)42(59)47-28(3)41(58)51-39(46)44(61)52(4)38-30-20-22-36(55)32(25-30)31-23-29(19-21-35(31)54)24-33(45(62)63)50-40(57)27(2)48-43(38)60/h19-23,25,27-28,33-34,38-39,53-55H,5-18,24,26,46H2,1-4H3,(H,47,59)(H,48,60)(H,49,56)(H,50,57)(H,51,58)(H,62,63)/t27-,28+,33-,34+,38-,39+/m0/s1. The van der Waals surface area contributed by atoms with E-state index in [1.165, 1.54) is 109 Å². The molecule has 6 atom stereocenters. The van der Waals surface area contributed by atoms with Crippen LogP contribution in [0.2, 0.25) is 0 Å². The molecule has 18 nitrogen and oxygen atoms in total. The molecule has 4 bridgehead atoms. The molecule has 2 aromatic rings. The zero-order chi connectivity index (χ0) is 46.6. The second kappa shape index (κ2) is 26.0. The van der Waals surface area contributed by atoms with E-state index in [0.717, 1.165) is 30.6 Å². The van der Waals surface area contributed by atoms with Crippen molar-refractivity contribution in [2.24, 2.45) is 5.73 Å². The molecular weight excluding hydrogens is 815 g/mol. The minimum Gasteiger partial charge on any atom is -0.507 e. The molecule has 2 aromatic carbocycles. The van der Waals surface area contributed by atoms with Crippen LogP contribution in [0.5, 0.6) is 11.5 Å². The Morgan fingerprint density at radius 2 is 1.33 bits per heavy atom. The summed E-state index contributed by atoms with van der Waals surface area (Å²) < 4.78 is 0. The van der Waals surface area contributed by atoms with Gasteiger partial charge in [-0.25, -0.2) is 4.79 Å². The largest absolute Gasteiger partial charge is 0.507 e. The van der Waals surface area contributed by atoms with Crippen molar-refractivity contribution in [1.29, 1.82) is 0 Å². The third kappa shape index (κ3) is 16.1. The number of benzene rings is 2. The van der Waals surface area contributed by atoms with Crippen molar-refractivity contribution >= 4 is 41.4 Å². The Hall–Kier alpha value is -5.75. The number of nitrogens with zero attached hydrogens (tertiary/aromatic N) is 1. The number of carboxylic acids is 1. The van der Waals surface area contributed by atoms with Crippen LogP contribution < -0.4 is 32.3 Å². The van der Waals surface area contributed by atoms with E-state index in [0.29, 0.717) is 12.0 Å². The SMILES string of the molecule is CCCCCCCCCCCCCCCC(=O)N[C@H](CO)C(=O)N[C@H](C)C(=O)N[C@@H](N)C(=O)N(C)[C@@H]1C(=O)N[C@@H](C)C(=O)N[C@H](C(=O)O)Cc2ccc(O)c(c2)-c2cc1ccc2O. The van der Waals surface area contributed by atoms with Crippen molar-refractivity contribution in [1.82, 2.24) is 31.5 Å². The number of phenols is 2. The maximum Gasteiger partial charge on any atom is 0.326 e. The maximum atomic E-state index is 13.9. The molecule has 1 aliphatic heterocycles. The predicted octanol–water partition coefficient (Wildman–Crippen LogP) is 2.76. The number of hydrogen-bond acceptors (Lipinski definition) is 11. The predicted molar refractivity (Wildman–Crippen MR) is 235 cm³/mol. The molecule has 0 unspecified atom stereocenters. The number of likely N-dealkylation sites (N-methyl/N-ethyl adjacent to an activating group) is 1. The molecule has 3 rings (SSSR count). The van der Waals surface area contributed by atoms with Gasteiger partial charge in [0.05, 0.1) is 6.61 Å². The number of unbranched alkanes of at least 4 members (excludes halogenated alkanes) is 12. The minimum absolute atomic E-state index is 0.0330. The number of nitrogens with two attached hydrogens (primary N) is 1. The lowest BCUT2D eigenvalue weighted by Crippen LogP contribution is -2.60. The van der Waals surface area contributed by atoms with Gasteiger partial charge in [0, 0.05) is 31.0 Å². The second-order valence-electron chi connectivity index (χ2n) is 16.3. The van der Waals surface area contributed by atoms with Gasteiger partial charge in [0.2, 0.25) is 29.5 Å². The highest BCUT2D eigenvalue weighted by Crippen LogP contribution is 2.38. The van der Waals surface area contributed by atoms with Gasteiger partial charge in [0.1, 0.15) is 41.7 Å². The number of rotatable bonds is 23. The fourth-order valence-electron chi connectivity index (χ4n) is 7.34. The summed E-state index contributed by atoms with van der Waals surface area (Å²) in [5.41, 5.74) is 6.71. The van der Waals surface area contributed by atoms with Gasteiger partial charge in [-0.2, -0.15) is 0 Å². The third-order valence-corrected chi connectivity index (χ3v) is 11.1. The molecule has 11 N–H and O–H groups in total. The van der Waals surface area contributed by atoms with Crippen LogP contribution in [0.25, 0.3) is 11.1 Å². The average molecular weight is 882 g/mol. The highest BCUT2D eigenvalue weighted by atomic mass is 16.4. The molecule has 18 heteroatoms. The summed E-state index contributed by atoms with van der Waals surface area (Å²) in [7, 11) is 1.20. The summed E-state index contributed by atoms with van der Waals surface area (Å²) >= 11 is 0. The van der Waals surface area contributed by atoms with Crippen molar-refractivity contribution in [3.8, 4) is 22.6 Å². The van der Waals surface area contributed by atoms with Crippen LogP contribution in [0.15, 0.2) is 36.4 Å². The Bertz CT molecular complexity index is 1890. The number of aliphatic carboxylic acids is 1. The highest BCUT2D eigenvalue weighted by molar-refractivity contribution is 5.97. The zero-order valence-corrected chi connectivity index (χ0v) is 36.9. The van der Waals surface area contributed by atoms with E-state index in [1.807, 2.05) is 0 Å². The Morgan fingerprint density at radius 1 is 0.778 bits per heavy atom. The summed E-state index contributed by atoms with van der Waals surface area (Å²) in [5, 5.41) is 53.3. The number of aromatic hydroxyl groups is 2. The smallest absolute Gasteiger partial charge is 0.326 e. The molecule has 0 saturated carbocycles. The lowest BCUT2D eigenvalue weighted by Gasteiger charge is -2.31. The molecular formula is C45H67N7O11. The van der Waals surface area contributed by atoms with Crippen LogP contribution in [-0.4, -0.2) is 111 Å². The first-order chi connectivity index (χ1) is 30.0. The molecule has 1 aliphatic rings. The maximum absolute atomic E-state index is 13.9. The lowest BCUT2D eigenvalue weighted by molar-refractivity contribution is -0.144.